The second kappa shape index (κ2) is 3.81. The van der Waals surface area contributed by atoms with E-state index in [1.807, 2.05) is 5.38 Å². The Hall–Kier alpha value is -1.00. The highest BCUT2D eigenvalue weighted by atomic mass is 35.5. The summed E-state index contributed by atoms with van der Waals surface area (Å²) in [6.07, 6.45) is 6.00. The van der Waals surface area contributed by atoms with E-state index in [1.54, 1.807) is 29.9 Å². The van der Waals surface area contributed by atoms with Gasteiger partial charge in [-0.25, -0.2) is 15.0 Å². The van der Waals surface area contributed by atoms with Crippen molar-refractivity contribution in [3.05, 3.63) is 39.8 Å². The van der Waals surface area contributed by atoms with Crippen molar-refractivity contribution >= 4 is 22.9 Å². The van der Waals surface area contributed by atoms with Crippen molar-refractivity contribution in [1.82, 2.24) is 15.0 Å². The standard InChI is InChI=1S/C8H6ClN3S/c9-8-11-4-6(5-12-8)3-7-10-1-2-13-7/h1-2,4-5H,3H2. The fraction of sp³-hybridized carbons (Fsp3) is 0.125. The van der Waals surface area contributed by atoms with E-state index in [9.17, 15) is 0 Å². The molecular weight excluding hydrogens is 206 g/mol. The fourth-order valence-electron chi connectivity index (χ4n) is 0.945. The van der Waals surface area contributed by atoms with Crippen LogP contribution < -0.4 is 0 Å². The fourth-order valence-corrected chi connectivity index (χ4v) is 1.69. The molecule has 0 amide bonds. The van der Waals surface area contributed by atoms with Gasteiger partial charge in [-0.1, -0.05) is 0 Å². The van der Waals surface area contributed by atoms with Crippen LogP contribution in [0.3, 0.4) is 0 Å². The quantitative estimate of drug-likeness (QED) is 0.715. The third kappa shape index (κ3) is 2.23. The first kappa shape index (κ1) is 8.59. The summed E-state index contributed by atoms with van der Waals surface area (Å²) in [5.41, 5.74) is 1.03. The molecule has 66 valence electrons. The van der Waals surface area contributed by atoms with Gasteiger partial charge < -0.3 is 0 Å². The van der Waals surface area contributed by atoms with Gasteiger partial charge in [0, 0.05) is 30.4 Å². The van der Waals surface area contributed by atoms with E-state index in [4.69, 9.17) is 11.6 Å². The van der Waals surface area contributed by atoms with Gasteiger partial charge in [0.05, 0.1) is 5.01 Å². The molecule has 0 aliphatic carbocycles. The second-order valence-electron chi connectivity index (χ2n) is 2.46. The molecule has 0 unspecified atom stereocenters. The zero-order valence-corrected chi connectivity index (χ0v) is 8.22. The van der Waals surface area contributed by atoms with E-state index in [0.29, 0.717) is 0 Å². The Bertz CT molecular complexity index is 371. The molecule has 5 heteroatoms. The van der Waals surface area contributed by atoms with E-state index in [-0.39, 0.29) is 5.28 Å². The van der Waals surface area contributed by atoms with Gasteiger partial charge in [-0.3, -0.25) is 0 Å². The Balaban J connectivity index is 2.15. The van der Waals surface area contributed by atoms with Gasteiger partial charge in [0.2, 0.25) is 5.28 Å². The number of thiazole rings is 1. The van der Waals surface area contributed by atoms with Crippen LogP contribution in [-0.4, -0.2) is 15.0 Å². The number of halogens is 1. The number of hydrogen-bond acceptors (Lipinski definition) is 4. The topological polar surface area (TPSA) is 38.7 Å². The molecule has 2 rings (SSSR count). The molecule has 0 aliphatic heterocycles. The van der Waals surface area contributed by atoms with Gasteiger partial charge >= 0.3 is 0 Å². The summed E-state index contributed by atoms with van der Waals surface area (Å²) in [5, 5.41) is 3.29. The van der Waals surface area contributed by atoms with E-state index in [2.05, 4.69) is 15.0 Å². The average molecular weight is 212 g/mol. The van der Waals surface area contributed by atoms with Crippen molar-refractivity contribution in [2.24, 2.45) is 0 Å². The average Bonchev–Trinajstić information content (AvgIpc) is 2.62. The predicted molar refractivity (Wildman–Crippen MR) is 52.0 cm³/mol. The SMILES string of the molecule is Clc1ncc(Cc2nccs2)cn1. The van der Waals surface area contributed by atoms with E-state index in [1.165, 1.54) is 0 Å². The lowest BCUT2D eigenvalue weighted by Gasteiger charge is -1.95. The highest BCUT2D eigenvalue weighted by Crippen LogP contribution is 2.10. The first-order valence-electron chi connectivity index (χ1n) is 3.69. The molecule has 2 aromatic rings. The summed E-state index contributed by atoms with van der Waals surface area (Å²) < 4.78 is 0. The third-order valence-electron chi connectivity index (χ3n) is 1.51. The first-order valence-corrected chi connectivity index (χ1v) is 4.95. The highest BCUT2D eigenvalue weighted by molar-refractivity contribution is 7.09. The molecule has 0 saturated heterocycles. The van der Waals surface area contributed by atoms with Crippen molar-refractivity contribution in [3.63, 3.8) is 0 Å². The lowest BCUT2D eigenvalue weighted by molar-refractivity contribution is 1.05. The second-order valence-corrected chi connectivity index (χ2v) is 3.78. The predicted octanol–water partition coefficient (Wildman–Crippen LogP) is 2.18. The molecule has 0 saturated carbocycles. The molecule has 0 atom stereocenters. The molecule has 0 spiro atoms. The summed E-state index contributed by atoms with van der Waals surface area (Å²) in [6.45, 7) is 0. The first-order chi connectivity index (χ1) is 6.34. The molecule has 0 aromatic carbocycles. The summed E-state index contributed by atoms with van der Waals surface area (Å²) in [6, 6.07) is 0. The minimum absolute atomic E-state index is 0.280. The van der Waals surface area contributed by atoms with Gasteiger partial charge in [-0.15, -0.1) is 11.3 Å². The van der Waals surface area contributed by atoms with E-state index >= 15 is 0 Å². The van der Waals surface area contributed by atoms with Crippen LogP contribution >= 0.6 is 22.9 Å². The summed E-state index contributed by atoms with van der Waals surface area (Å²) in [7, 11) is 0. The third-order valence-corrected chi connectivity index (χ3v) is 2.49. The number of rotatable bonds is 2. The Kier molecular flexibility index (Phi) is 2.52. The maximum atomic E-state index is 5.56. The molecule has 0 radical (unpaired) electrons. The largest absolute Gasteiger partial charge is 0.249 e. The van der Waals surface area contributed by atoms with Crippen LogP contribution in [-0.2, 0) is 6.42 Å². The molecule has 3 nitrogen and oxygen atoms in total. The van der Waals surface area contributed by atoms with Crippen molar-refractivity contribution in [1.29, 1.82) is 0 Å². The highest BCUT2D eigenvalue weighted by Gasteiger charge is 1.99. The molecule has 0 N–H and O–H groups in total. The number of nitrogens with zero attached hydrogens (tertiary/aromatic N) is 3. The molecule has 13 heavy (non-hydrogen) atoms. The van der Waals surface area contributed by atoms with Gasteiger partial charge in [0.1, 0.15) is 0 Å². The van der Waals surface area contributed by atoms with Crippen LogP contribution in [0, 0.1) is 0 Å². The summed E-state index contributed by atoms with van der Waals surface area (Å²) in [4.78, 5) is 11.9. The summed E-state index contributed by atoms with van der Waals surface area (Å²) in [5.74, 6) is 0. The lowest BCUT2D eigenvalue weighted by Crippen LogP contribution is -1.90. The molecule has 0 fully saturated rings. The van der Waals surface area contributed by atoms with Gasteiger partial charge in [-0.2, -0.15) is 0 Å². The molecule has 0 aliphatic rings. The zero-order chi connectivity index (χ0) is 9.10. The Morgan fingerprint density at radius 2 is 2.00 bits per heavy atom. The molecule has 2 heterocycles. The minimum atomic E-state index is 0.280. The van der Waals surface area contributed by atoms with Crippen molar-refractivity contribution in [2.45, 2.75) is 6.42 Å². The van der Waals surface area contributed by atoms with Gasteiger partial charge in [-0.05, 0) is 17.2 Å². The van der Waals surface area contributed by atoms with Crippen LogP contribution in [0.5, 0.6) is 0 Å². The molecule has 0 bridgehead atoms. The lowest BCUT2D eigenvalue weighted by atomic mass is 10.2. The Morgan fingerprint density at radius 1 is 1.23 bits per heavy atom. The van der Waals surface area contributed by atoms with Crippen LogP contribution in [0.1, 0.15) is 10.6 Å². The number of hydrogen-bond donors (Lipinski definition) is 0. The van der Waals surface area contributed by atoms with Crippen molar-refractivity contribution < 1.29 is 0 Å². The van der Waals surface area contributed by atoms with Crippen molar-refractivity contribution in [2.75, 3.05) is 0 Å². The maximum absolute atomic E-state index is 5.56. The minimum Gasteiger partial charge on any atom is -0.249 e. The zero-order valence-electron chi connectivity index (χ0n) is 6.64. The van der Waals surface area contributed by atoms with E-state index in [0.717, 1.165) is 17.0 Å². The Labute approximate surface area is 84.5 Å². The monoisotopic (exact) mass is 211 g/mol. The van der Waals surface area contributed by atoms with Crippen LogP contribution in [0.25, 0.3) is 0 Å². The van der Waals surface area contributed by atoms with Gasteiger partial charge in [0.25, 0.3) is 0 Å². The summed E-state index contributed by atoms with van der Waals surface area (Å²) >= 11 is 7.18. The molecular formula is C8H6ClN3S. The van der Waals surface area contributed by atoms with Crippen LogP contribution in [0.15, 0.2) is 24.0 Å². The Morgan fingerprint density at radius 3 is 2.62 bits per heavy atom. The maximum Gasteiger partial charge on any atom is 0.222 e. The van der Waals surface area contributed by atoms with Crippen molar-refractivity contribution in [3.8, 4) is 0 Å². The number of aromatic nitrogens is 3. The van der Waals surface area contributed by atoms with Crippen LogP contribution in [0.4, 0.5) is 0 Å². The molecule has 2 aromatic heterocycles. The van der Waals surface area contributed by atoms with E-state index < -0.39 is 0 Å². The normalized spacial score (nSPS) is 10.2. The van der Waals surface area contributed by atoms with Gasteiger partial charge in [0.15, 0.2) is 0 Å². The smallest absolute Gasteiger partial charge is 0.222 e. The van der Waals surface area contributed by atoms with Crippen LogP contribution in [0.2, 0.25) is 5.28 Å².